The van der Waals surface area contributed by atoms with Gasteiger partial charge in [-0.1, -0.05) is 6.07 Å². The lowest BCUT2D eigenvalue weighted by molar-refractivity contribution is 0.0681. The van der Waals surface area contributed by atoms with Crippen LogP contribution in [0.2, 0.25) is 0 Å². The van der Waals surface area contributed by atoms with Crippen LogP contribution in [0.1, 0.15) is 33.5 Å². The SMILES string of the molecule is COc1cc(OC)cc(C2=NN(C(=O)c3ccco3)[C@@H](c3cccs3)C2)c1. The molecular formula is C20H18N2O4S. The van der Waals surface area contributed by atoms with Gasteiger partial charge in [0.1, 0.15) is 11.5 Å². The van der Waals surface area contributed by atoms with Gasteiger partial charge in [-0.25, -0.2) is 5.01 Å². The number of nitrogens with zero attached hydrogens (tertiary/aromatic N) is 2. The van der Waals surface area contributed by atoms with Crippen molar-refractivity contribution < 1.29 is 18.7 Å². The van der Waals surface area contributed by atoms with Gasteiger partial charge in [0.15, 0.2) is 5.76 Å². The molecule has 2 aromatic heterocycles. The minimum atomic E-state index is -0.261. The van der Waals surface area contributed by atoms with Crippen LogP contribution in [0.15, 0.2) is 63.6 Å². The number of ether oxygens (including phenoxy) is 2. The Morgan fingerprint density at radius 1 is 1.19 bits per heavy atom. The minimum Gasteiger partial charge on any atom is -0.497 e. The largest absolute Gasteiger partial charge is 0.497 e. The lowest BCUT2D eigenvalue weighted by Gasteiger charge is -2.19. The summed E-state index contributed by atoms with van der Waals surface area (Å²) in [6.07, 6.45) is 2.09. The van der Waals surface area contributed by atoms with E-state index in [0.717, 1.165) is 16.2 Å². The maximum Gasteiger partial charge on any atom is 0.310 e. The average Bonchev–Trinajstić information content (AvgIpc) is 3.47. The molecule has 3 heterocycles. The fraction of sp³-hybridized carbons (Fsp3) is 0.200. The van der Waals surface area contributed by atoms with Crippen molar-refractivity contribution >= 4 is 23.0 Å². The average molecular weight is 382 g/mol. The first kappa shape index (κ1) is 17.4. The van der Waals surface area contributed by atoms with E-state index in [1.807, 2.05) is 35.7 Å². The Labute approximate surface area is 160 Å². The van der Waals surface area contributed by atoms with Crippen LogP contribution in [0.3, 0.4) is 0 Å². The van der Waals surface area contributed by atoms with Crippen molar-refractivity contribution in [3.05, 3.63) is 70.3 Å². The van der Waals surface area contributed by atoms with E-state index in [4.69, 9.17) is 13.9 Å². The van der Waals surface area contributed by atoms with Crippen molar-refractivity contribution in [3.63, 3.8) is 0 Å². The number of amides is 1. The summed E-state index contributed by atoms with van der Waals surface area (Å²) in [6.45, 7) is 0. The predicted molar refractivity (Wildman–Crippen MR) is 103 cm³/mol. The smallest absolute Gasteiger partial charge is 0.310 e. The van der Waals surface area contributed by atoms with Gasteiger partial charge in [0, 0.05) is 22.9 Å². The zero-order valence-electron chi connectivity index (χ0n) is 14.9. The van der Waals surface area contributed by atoms with Crippen LogP contribution in [0.5, 0.6) is 11.5 Å². The standard InChI is InChI=1S/C20H18N2O4S/c1-24-14-9-13(10-15(11-14)25-2)16-12-17(19-6-4-8-27-19)22(21-16)20(23)18-5-3-7-26-18/h3-11,17H,12H2,1-2H3/t17-/m1/s1. The van der Waals surface area contributed by atoms with Crippen molar-refractivity contribution in [1.82, 2.24) is 5.01 Å². The number of carbonyl (C=O) groups is 1. The van der Waals surface area contributed by atoms with Crippen molar-refractivity contribution in [2.24, 2.45) is 5.10 Å². The Balaban J connectivity index is 1.74. The highest BCUT2D eigenvalue weighted by molar-refractivity contribution is 7.10. The van der Waals surface area contributed by atoms with Gasteiger partial charge >= 0.3 is 5.91 Å². The van der Waals surface area contributed by atoms with Crippen molar-refractivity contribution in [2.75, 3.05) is 14.2 Å². The van der Waals surface area contributed by atoms with Crippen LogP contribution >= 0.6 is 11.3 Å². The fourth-order valence-electron chi connectivity index (χ4n) is 3.06. The predicted octanol–water partition coefficient (Wildman–Crippen LogP) is 4.35. The molecule has 0 bridgehead atoms. The van der Waals surface area contributed by atoms with Gasteiger partial charge in [-0.2, -0.15) is 5.10 Å². The Kier molecular flexibility index (Phi) is 4.68. The summed E-state index contributed by atoms with van der Waals surface area (Å²) < 4.78 is 16.0. The second-order valence-corrected chi connectivity index (χ2v) is 6.99. The number of carbonyl (C=O) groups excluding carboxylic acids is 1. The molecule has 0 unspecified atom stereocenters. The number of benzene rings is 1. The zero-order chi connectivity index (χ0) is 18.8. The molecule has 1 amide bonds. The molecule has 0 radical (unpaired) electrons. The quantitative estimate of drug-likeness (QED) is 0.658. The Hall–Kier alpha value is -3.06. The number of hydrazone groups is 1. The van der Waals surface area contributed by atoms with E-state index in [2.05, 4.69) is 5.10 Å². The maximum absolute atomic E-state index is 12.9. The Morgan fingerprint density at radius 2 is 1.96 bits per heavy atom. The molecule has 0 N–H and O–H groups in total. The summed E-state index contributed by atoms with van der Waals surface area (Å²) >= 11 is 1.60. The van der Waals surface area contributed by atoms with Crippen molar-refractivity contribution in [2.45, 2.75) is 12.5 Å². The zero-order valence-corrected chi connectivity index (χ0v) is 15.7. The first-order valence-corrected chi connectivity index (χ1v) is 9.29. The Morgan fingerprint density at radius 3 is 2.56 bits per heavy atom. The molecule has 0 saturated carbocycles. The number of furan rings is 1. The molecule has 27 heavy (non-hydrogen) atoms. The molecule has 6 nitrogen and oxygen atoms in total. The maximum atomic E-state index is 12.9. The summed E-state index contributed by atoms with van der Waals surface area (Å²) in [5.41, 5.74) is 1.66. The van der Waals surface area contributed by atoms with Crippen molar-refractivity contribution in [1.29, 1.82) is 0 Å². The van der Waals surface area contributed by atoms with Crippen LogP contribution in [0.4, 0.5) is 0 Å². The summed E-state index contributed by atoms with van der Waals surface area (Å²) in [7, 11) is 3.21. The van der Waals surface area contributed by atoms with Gasteiger partial charge in [-0.05, 0) is 35.7 Å². The monoisotopic (exact) mass is 382 g/mol. The first-order chi connectivity index (χ1) is 13.2. The van der Waals surface area contributed by atoms with Gasteiger partial charge in [-0.3, -0.25) is 4.79 Å². The molecule has 0 spiro atoms. The third kappa shape index (κ3) is 3.33. The number of hydrogen-bond acceptors (Lipinski definition) is 6. The molecular weight excluding hydrogens is 364 g/mol. The van der Waals surface area contributed by atoms with E-state index < -0.39 is 0 Å². The second kappa shape index (κ2) is 7.28. The van der Waals surface area contributed by atoms with E-state index in [0.29, 0.717) is 17.9 Å². The number of thiophene rings is 1. The van der Waals surface area contributed by atoms with Gasteiger partial charge in [0.2, 0.25) is 0 Å². The van der Waals surface area contributed by atoms with Crippen LogP contribution in [-0.2, 0) is 0 Å². The van der Waals surface area contributed by atoms with Gasteiger partial charge in [0.25, 0.3) is 0 Å². The number of hydrogen-bond donors (Lipinski definition) is 0. The van der Waals surface area contributed by atoms with Gasteiger partial charge in [-0.15, -0.1) is 11.3 Å². The summed E-state index contributed by atoms with van der Waals surface area (Å²) in [5, 5.41) is 8.14. The van der Waals surface area contributed by atoms with Crippen LogP contribution in [-0.4, -0.2) is 30.8 Å². The topological polar surface area (TPSA) is 64.3 Å². The lowest BCUT2D eigenvalue weighted by Crippen LogP contribution is -2.26. The second-order valence-electron chi connectivity index (χ2n) is 6.01. The molecule has 1 aromatic carbocycles. The molecule has 1 atom stereocenters. The normalized spacial score (nSPS) is 16.3. The van der Waals surface area contributed by atoms with E-state index in [-0.39, 0.29) is 17.7 Å². The highest BCUT2D eigenvalue weighted by Crippen LogP contribution is 2.37. The molecule has 0 saturated heterocycles. The van der Waals surface area contributed by atoms with Crippen molar-refractivity contribution in [3.8, 4) is 11.5 Å². The van der Waals surface area contributed by atoms with Gasteiger partial charge < -0.3 is 13.9 Å². The summed E-state index contributed by atoms with van der Waals surface area (Å²) in [4.78, 5) is 14.0. The van der Waals surface area contributed by atoms with Crippen LogP contribution in [0.25, 0.3) is 0 Å². The summed E-state index contributed by atoms with van der Waals surface area (Å²) in [5.74, 6) is 1.36. The number of methoxy groups -OCH3 is 2. The van der Waals surface area contributed by atoms with E-state index >= 15 is 0 Å². The highest BCUT2D eigenvalue weighted by atomic mass is 32.1. The molecule has 7 heteroatoms. The molecule has 4 rings (SSSR count). The molecule has 0 fully saturated rings. The highest BCUT2D eigenvalue weighted by Gasteiger charge is 2.35. The van der Waals surface area contributed by atoms with E-state index in [1.54, 1.807) is 37.7 Å². The molecule has 3 aromatic rings. The molecule has 138 valence electrons. The van der Waals surface area contributed by atoms with E-state index in [9.17, 15) is 4.79 Å². The Bertz CT molecular complexity index is 942. The summed E-state index contributed by atoms with van der Waals surface area (Å²) in [6, 6.07) is 12.8. The van der Waals surface area contributed by atoms with E-state index in [1.165, 1.54) is 11.3 Å². The third-order valence-corrected chi connectivity index (χ3v) is 5.38. The molecule has 0 aliphatic carbocycles. The van der Waals surface area contributed by atoms with Gasteiger partial charge in [0.05, 0.1) is 32.2 Å². The number of rotatable bonds is 5. The molecule has 1 aliphatic heterocycles. The minimum absolute atomic E-state index is 0.171. The molecule has 1 aliphatic rings. The van der Waals surface area contributed by atoms with Crippen LogP contribution < -0.4 is 9.47 Å². The lowest BCUT2D eigenvalue weighted by atomic mass is 10.0. The fourth-order valence-corrected chi connectivity index (χ4v) is 3.87. The van der Waals surface area contributed by atoms with Crippen LogP contribution in [0, 0.1) is 0 Å². The first-order valence-electron chi connectivity index (χ1n) is 8.41. The third-order valence-electron chi connectivity index (χ3n) is 4.41.